The zero-order valence-electron chi connectivity index (χ0n) is 13.2. The zero-order chi connectivity index (χ0) is 14.7. The summed E-state index contributed by atoms with van der Waals surface area (Å²) in [6.07, 6.45) is 11.8. The maximum absolute atomic E-state index is 5.50. The van der Waals surface area contributed by atoms with Gasteiger partial charge in [-0.15, -0.1) is 5.10 Å². The highest BCUT2D eigenvalue weighted by atomic mass is 32.1. The number of hydrogen-bond donors (Lipinski definition) is 1. The summed E-state index contributed by atoms with van der Waals surface area (Å²) in [5.74, 6) is 2.01. The van der Waals surface area contributed by atoms with Crippen LogP contribution in [0.3, 0.4) is 0 Å². The van der Waals surface area contributed by atoms with Gasteiger partial charge in [-0.25, -0.2) is 5.10 Å². The molecule has 1 aliphatic heterocycles. The molecular formula is C16H28N4S. The van der Waals surface area contributed by atoms with Gasteiger partial charge in [0.1, 0.15) is 0 Å². The summed E-state index contributed by atoms with van der Waals surface area (Å²) in [7, 11) is 0. The lowest BCUT2D eigenvalue weighted by atomic mass is 9.96. The van der Waals surface area contributed by atoms with Gasteiger partial charge in [0.2, 0.25) is 5.95 Å². The molecule has 1 N–H and O–H groups in total. The van der Waals surface area contributed by atoms with Crippen LogP contribution in [0, 0.1) is 10.7 Å². The topological polar surface area (TPSA) is 36.9 Å². The van der Waals surface area contributed by atoms with Crippen LogP contribution in [-0.4, -0.2) is 27.9 Å². The van der Waals surface area contributed by atoms with Crippen LogP contribution < -0.4 is 4.90 Å². The quantitative estimate of drug-likeness (QED) is 0.834. The zero-order valence-corrected chi connectivity index (χ0v) is 14.0. The molecule has 1 atom stereocenters. The molecule has 0 aromatic carbocycles. The van der Waals surface area contributed by atoms with E-state index in [1.54, 1.807) is 0 Å². The van der Waals surface area contributed by atoms with Gasteiger partial charge in [-0.3, -0.25) is 4.57 Å². The van der Waals surface area contributed by atoms with Gasteiger partial charge in [-0.2, -0.15) is 0 Å². The van der Waals surface area contributed by atoms with Crippen LogP contribution in [0.1, 0.15) is 70.8 Å². The van der Waals surface area contributed by atoms with Crippen molar-refractivity contribution in [1.82, 2.24) is 14.8 Å². The molecule has 0 amide bonds. The van der Waals surface area contributed by atoms with Crippen molar-refractivity contribution in [2.45, 2.75) is 70.8 Å². The highest BCUT2D eigenvalue weighted by Gasteiger charge is 2.25. The summed E-state index contributed by atoms with van der Waals surface area (Å²) in [5.41, 5.74) is 0. The number of nitrogens with zero attached hydrogens (tertiary/aromatic N) is 3. The SMILES string of the molecule is CCCC1CCCN(c2n[nH]c(=S)n2C2CCCC2)CC1. The first-order valence-corrected chi connectivity index (χ1v) is 9.12. The van der Waals surface area contributed by atoms with E-state index in [1.165, 1.54) is 57.8 Å². The predicted octanol–water partition coefficient (Wildman–Crippen LogP) is 4.46. The molecule has 0 bridgehead atoms. The molecule has 5 heteroatoms. The largest absolute Gasteiger partial charge is 0.341 e. The fraction of sp³-hybridized carbons (Fsp3) is 0.875. The lowest BCUT2D eigenvalue weighted by molar-refractivity contribution is 0.435. The van der Waals surface area contributed by atoms with Crippen molar-refractivity contribution in [3.8, 4) is 0 Å². The number of aromatic nitrogens is 3. The van der Waals surface area contributed by atoms with E-state index < -0.39 is 0 Å². The van der Waals surface area contributed by atoms with Crippen molar-refractivity contribution in [3.05, 3.63) is 4.77 Å². The van der Waals surface area contributed by atoms with Gasteiger partial charge >= 0.3 is 0 Å². The van der Waals surface area contributed by atoms with E-state index >= 15 is 0 Å². The van der Waals surface area contributed by atoms with Crippen LogP contribution in [0.5, 0.6) is 0 Å². The van der Waals surface area contributed by atoms with Crippen LogP contribution in [0.25, 0.3) is 0 Å². The maximum Gasteiger partial charge on any atom is 0.225 e. The summed E-state index contributed by atoms with van der Waals surface area (Å²) in [6.45, 7) is 4.57. The highest BCUT2D eigenvalue weighted by Crippen LogP contribution is 2.33. The second kappa shape index (κ2) is 6.95. The molecule has 1 unspecified atom stereocenters. The molecule has 0 spiro atoms. The van der Waals surface area contributed by atoms with Crippen molar-refractivity contribution in [3.63, 3.8) is 0 Å². The van der Waals surface area contributed by atoms with Gasteiger partial charge < -0.3 is 4.90 Å². The molecule has 2 aliphatic rings. The third-order valence-electron chi connectivity index (χ3n) is 5.20. The third-order valence-corrected chi connectivity index (χ3v) is 5.49. The molecule has 1 aromatic heterocycles. The number of nitrogens with one attached hydrogen (secondary N) is 1. The smallest absolute Gasteiger partial charge is 0.225 e. The Morgan fingerprint density at radius 1 is 1.14 bits per heavy atom. The molecule has 1 aromatic rings. The molecule has 1 saturated heterocycles. The van der Waals surface area contributed by atoms with Crippen molar-refractivity contribution in [1.29, 1.82) is 0 Å². The third kappa shape index (κ3) is 3.33. The molecule has 1 saturated carbocycles. The number of hydrogen-bond acceptors (Lipinski definition) is 3. The van der Waals surface area contributed by atoms with Gasteiger partial charge in [0.05, 0.1) is 0 Å². The second-order valence-corrected chi connectivity index (χ2v) is 7.10. The summed E-state index contributed by atoms with van der Waals surface area (Å²) in [5, 5.41) is 7.61. The molecule has 118 valence electrons. The number of aromatic amines is 1. The van der Waals surface area contributed by atoms with Gasteiger partial charge in [-0.1, -0.05) is 32.6 Å². The molecular weight excluding hydrogens is 280 g/mol. The van der Waals surface area contributed by atoms with Crippen LogP contribution in [-0.2, 0) is 0 Å². The Morgan fingerprint density at radius 2 is 1.95 bits per heavy atom. The lowest BCUT2D eigenvalue weighted by Gasteiger charge is -2.24. The van der Waals surface area contributed by atoms with Gasteiger partial charge in [0.25, 0.3) is 0 Å². The van der Waals surface area contributed by atoms with E-state index in [0.717, 1.165) is 29.7 Å². The van der Waals surface area contributed by atoms with E-state index in [2.05, 4.69) is 26.6 Å². The highest BCUT2D eigenvalue weighted by molar-refractivity contribution is 7.71. The first kappa shape index (κ1) is 15.1. The standard InChI is InChI=1S/C16H28N4S/c1-2-6-13-7-5-11-19(12-10-13)15-17-18-16(21)20(15)14-8-3-4-9-14/h13-14H,2-12H2,1H3,(H,18,21). The summed E-state index contributed by atoms with van der Waals surface area (Å²) in [6, 6.07) is 0.570. The Labute approximate surface area is 132 Å². The molecule has 2 fully saturated rings. The Morgan fingerprint density at radius 3 is 2.71 bits per heavy atom. The van der Waals surface area contributed by atoms with Crippen molar-refractivity contribution < 1.29 is 0 Å². The fourth-order valence-corrected chi connectivity index (χ4v) is 4.35. The van der Waals surface area contributed by atoms with Crippen molar-refractivity contribution in [2.75, 3.05) is 18.0 Å². The summed E-state index contributed by atoms with van der Waals surface area (Å²) < 4.78 is 3.12. The minimum atomic E-state index is 0.570. The number of H-pyrrole nitrogens is 1. The minimum Gasteiger partial charge on any atom is -0.341 e. The first-order valence-electron chi connectivity index (χ1n) is 8.71. The maximum atomic E-state index is 5.50. The first-order chi connectivity index (χ1) is 10.3. The van der Waals surface area contributed by atoms with E-state index in [-0.39, 0.29) is 0 Å². The molecule has 21 heavy (non-hydrogen) atoms. The van der Waals surface area contributed by atoms with Crippen LogP contribution in [0.2, 0.25) is 0 Å². The molecule has 4 nitrogen and oxygen atoms in total. The Hall–Kier alpha value is -0.840. The number of anilines is 1. The predicted molar refractivity (Wildman–Crippen MR) is 89.4 cm³/mol. The second-order valence-electron chi connectivity index (χ2n) is 6.71. The molecule has 3 rings (SSSR count). The van der Waals surface area contributed by atoms with Gasteiger partial charge in [0, 0.05) is 19.1 Å². The average molecular weight is 308 g/mol. The summed E-state index contributed by atoms with van der Waals surface area (Å²) in [4.78, 5) is 2.47. The Balaban J connectivity index is 1.76. The fourth-order valence-electron chi connectivity index (χ4n) is 4.07. The average Bonchev–Trinajstić information content (AvgIpc) is 3.06. The Kier molecular flexibility index (Phi) is 4.99. The lowest BCUT2D eigenvalue weighted by Crippen LogP contribution is -2.28. The van der Waals surface area contributed by atoms with E-state index in [4.69, 9.17) is 12.2 Å². The molecule has 1 aliphatic carbocycles. The van der Waals surface area contributed by atoms with Crippen LogP contribution >= 0.6 is 12.2 Å². The number of rotatable bonds is 4. The monoisotopic (exact) mass is 308 g/mol. The van der Waals surface area contributed by atoms with Crippen molar-refractivity contribution in [2.24, 2.45) is 5.92 Å². The molecule has 2 heterocycles. The Bertz CT molecular complexity index is 501. The van der Waals surface area contributed by atoms with Gasteiger partial charge in [-0.05, 0) is 50.2 Å². The van der Waals surface area contributed by atoms with Crippen molar-refractivity contribution >= 4 is 18.2 Å². The molecule has 0 radical (unpaired) electrons. The summed E-state index contributed by atoms with van der Waals surface area (Å²) >= 11 is 5.50. The minimum absolute atomic E-state index is 0.570. The normalized spacial score (nSPS) is 24.4. The van der Waals surface area contributed by atoms with Gasteiger partial charge in [0.15, 0.2) is 4.77 Å². The van der Waals surface area contributed by atoms with E-state index in [1.807, 2.05) is 0 Å². The van der Waals surface area contributed by atoms with E-state index in [9.17, 15) is 0 Å². The van der Waals surface area contributed by atoms with Crippen LogP contribution in [0.15, 0.2) is 0 Å². The van der Waals surface area contributed by atoms with Crippen LogP contribution in [0.4, 0.5) is 5.95 Å². The van der Waals surface area contributed by atoms with E-state index in [0.29, 0.717) is 6.04 Å².